The highest BCUT2D eigenvalue weighted by Gasteiger charge is 2.09. The van der Waals surface area contributed by atoms with E-state index < -0.39 is 5.91 Å². The van der Waals surface area contributed by atoms with Crippen molar-refractivity contribution in [3.63, 3.8) is 0 Å². The molecule has 0 heterocycles. The molecular formula is C10H21N3O2. The van der Waals surface area contributed by atoms with E-state index in [0.717, 1.165) is 25.7 Å². The molecule has 0 bridgehead atoms. The zero-order valence-corrected chi connectivity index (χ0v) is 9.37. The molecule has 0 saturated carbocycles. The highest BCUT2D eigenvalue weighted by atomic mass is 16.2. The van der Waals surface area contributed by atoms with Crippen LogP contribution in [0.25, 0.3) is 0 Å². The molecule has 0 aromatic rings. The van der Waals surface area contributed by atoms with E-state index in [1.165, 1.54) is 4.90 Å². The first-order valence-corrected chi connectivity index (χ1v) is 5.30. The number of likely N-dealkylation sites (N-methyl/N-ethyl adjacent to an activating group) is 1. The van der Waals surface area contributed by atoms with Crippen molar-refractivity contribution in [3.8, 4) is 0 Å². The van der Waals surface area contributed by atoms with Gasteiger partial charge in [-0.2, -0.15) is 0 Å². The molecule has 0 unspecified atom stereocenters. The molecule has 0 atom stereocenters. The summed E-state index contributed by atoms with van der Waals surface area (Å²) in [5.41, 5.74) is 10.3. The molecule has 0 radical (unpaired) electrons. The highest BCUT2D eigenvalue weighted by molar-refractivity contribution is 5.83. The second-order valence-electron chi connectivity index (χ2n) is 3.67. The minimum absolute atomic E-state index is 0.00162. The summed E-state index contributed by atoms with van der Waals surface area (Å²) in [5, 5.41) is 0. The Kier molecular flexibility index (Phi) is 7.62. The third kappa shape index (κ3) is 7.93. The minimum atomic E-state index is -0.478. The number of unbranched alkanes of at least 4 members (excludes halogenated alkanes) is 3. The SMILES string of the molecule is CN(CC(N)=O)C(=O)CCCCCCN. The summed E-state index contributed by atoms with van der Waals surface area (Å²) in [4.78, 5) is 23.3. The monoisotopic (exact) mass is 215 g/mol. The summed E-state index contributed by atoms with van der Waals surface area (Å²) in [6, 6.07) is 0. The molecule has 0 spiro atoms. The molecule has 2 amide bonds. The maximum Gasteiger partial charge on any atom is 0.237 e. The van der Waals surface area contributed by atoms with Crippen molar-refractivity contribution in [2.24, 2.45) is 11.5 Å². The predicted molar refractivity (Wildman–Crippen MR) is 59.0 cm³/mol. The van der Waals surface area contributed by atoms with E-state index in [1.54, 1.807) is 7.05 Å². The van der Waals surface area contributed by atoms with Gasteiger partial charge in [0.1, 0.15) is 0 Å². The van der Waals surface area contributed by atoms with E-state index in [-0.39, 0.29) is 12.5 Å². The van der Waals surface area contributed by atoms with Crippen LogP contribution >= 0.6 is 0 Å². The normalized spacial score (nSPS) is 10.0. The average Bonchev–Trinajstić information content (AvgIpc) is 2.16. The van der Waals surface area contributed by atoms with Gasteiger partial charge in [-0.15, -0.1) is 0 Å². The Hall–Kier alpha value is -1.10. The van der Waals surface area contributed by atoms with Gasteiger partial charge < -0.3 is 16.4 Å². The van der Waals surface area contributed by atoms with Crippen LogP contribution in [0.3, 0.4) is 0 Å². The maximum absolute atomic E-state index is 11.4. The Morgan fingerprint density at radius 3 is 2.27 bits per heavy atom. The first-order valence-electron chi connectivity index (χ1n) is 5.30. The summed E-state index contributed by atoms with van der Waals surface area (Å²) in [7, 11) is 1.59. The lowest BCUT2D eigenvalue weighted by Crippen LogP contribution is -2.35. The molecule has 0 aliphatic rings. The van der Waals surface area contributed by atoms with Gasteiger partial charge in [-0.3, -0.25) is 9.59 Å². The second-order valence-corrected chi connectivity index (χ2v) is 3.67. The third-order valence-electron chi connectivity index (χ3n) is 2.16. The molecule has 88 valence electrons. The van der Waals surface area contributed by atoms with E-state index in [0.29, 0.717) is 13.0 Å². The molecule has 0 fully saturated rings. The van der Waals surface area contributed by atoms with Gasteiger partial charge in [-0.25, -0.2) is 0 Å². The number of carbonyl (C=O) groups is 2. The Bertz CT molecular complexity index is 207. The number of nitrogens with two attached hydrogens (primary N) is 2. The zero-order valence-electron chi connectivity index (χ0n) is 9.37. The standard InChI is InChI=1S/C10H21N3O2/c1-13(8-9(12)14)10(15)6-4-2-3-5-7-11/h2-8,11H2,1H3,(H2,12,14). The number of hydrogen-bond donors (Lipinski definition) is 2. The fourth-order valence-electron chi connectivity index (χ4n) is 1.29. The van der Waals surface area contributed by atoms with Crippen LogP contribution in [-0.2, 0) is 9.59 Å². The van der Waals surface area contributed by atoms with Crippen molar-refractivity contribution >= 4 is 11.8 Å². The molecule has 0 aromatic carbocycles. The number of hydrogen-bond acceptors (Lipinski definition) is 3. The van der Waals surface area contributed by atoms with Crippen molar-refractivity contribution in [3.05, 3.63) is 0 Å². The summed E-state index contributed by atoms with van der Waals surface area (Å²) in [5.74, 6) is -0.504. The molecule has 0 aromatic heterocycles. The molecular weight excluding hydrogens is 194 g/mol. The van der Waals surface area contributed by atoms with Crippen LogP contribution in [0.1, 0.15) is 32.1 Å². The second kappa shape index (κ2) is 8.23. The van der Waals surface area contributed by atoms with Crippen LogP contribution < -0.4 is 11.5 Å². The first-order chi connectivity index (χ1) is 7.07. The molecule has 0 rings (SSSR count). The molecule has 0 saturated heterocycles. The van der Waals surface area contributed by atoms with Crippen LogP contribution in [0.4, 0.5) is 0 Å². The largest absolute Gasteiger partial charge is 0.368 e. The van der Waals surface area contributed by atoms with Crippen LogP contribution in [0.2, 0.25) is 0 Å². The number of primary amides is 1. The van der Waals surface area contributed by atoms with Crippen LogP contribution in [0.15, 0.2) is 0 Å². The summed E-state index contributed by atoms with van der Waals surface area (Å²) in [6.45, 7) is 0.706. The van der Waals surface area contributed by atoms with Crippen LogP contribution in [0, 0.1) is 0 Å². The van der Waals surface area contributed by atoms with E-state index in [2.05, 4.69) is 0 Å². The van der Waals surface area contributed by atoms with Gasteiger partial charge in [0.2, 0.25) is 11.8 Å². The Balaban J connectivity index is 3.51. The number of carbonyl (C=O) groups excluding carboxylic acids is 2. The first kappa shape index (κ1) is 13.9. The van der Waals surface area contributed by atoms with E-state index in [4.69, 9.17) is 11.5 Å². The lowest BCUT2D eigenvalue weighted by atomic mass is 10.1. The summed E-state index contributed by atoms with van der Waals surface area (Å²) >= 11 is 0. The average molecular weight is 215 g/mol. The molecule has 5 heteroatoms. The molecule has 0 aliphatic carbocycles. The molecule has 4 N–H and O–H groups in total. The smallest absolute Gasteiger partial charge is 0.237 e. The van der Waals surface area contributed by atoms with Gasteiger partial charge in [0.25, 0.3) is 0 Å². The molecule has 0 aliphatic heterocycles. The predicted octanol–water partition coefficient (Wildman–Crippen LogP) is -0.161. The van der Waals surface area contributed by atoms with Crippen LogP contribution in [-0.4, -0.2) is 36.9 Å². The summed E-state index contributed by atoms with van der Waals surface area (Å²) < 4.78 is 0. The lowest BCUT2D eigenvalue weighted by Gasteiger charge is -2.14. The fourth-order valence-corrected chi connectivity index (χ4v) is 1.29. The Labute approximate surface area is 90.8 Å². The molecule has 5 nitrogen and oxygen atoms in total. The Morgan fingerprint density at radius 1 is 1.13 bits per heavy atom. The number of nitrogens with zero attached hydrogens (tertiary/aromatic N) is 1. The van der Waals surface area contributed by atoms with Crippen molar-refractivity contribution in [1.82, 2.24) is 4.90 Å². The van der Waals surface area contributed by atoms with E-state index in [1.807, 2.05) is 0 Å². The topological polar surface area (TPSA) is 89.4 Å². The lowest BCUT2D eigenvalue weighted by molar-refractivity contribution is -0.133. The molecule has 15 heavy (non-hydrogen) atoms. The minimum Gasteiger partial charge on any atom is -0.368 e. The van der Waals surface area contributed by atoms with Crippen molar-refractivity contribution in [2.75, 3.05) is 20.1 Å². The fraction of sp³-hybridized carbons (Fsp3) is 0.800. The van der Waals surface area contributed by atoms with E-state index in [9.17, 15) is 9.59 Å². The summed E-state index contributed by atoms with van der Waals surface area (Å²) in [6.07, 6.45) is 4.40. The van der Waals surface area contributed by atoms with Gasteiger partial charge in [0.15, 0.2) is 0 Å². The van der Waals surface area contributed by atoms with Gasteiger partial charge in [-0.1, -0.05) is 12.8 Å². The van der Waals surface area contributed by atoms with Gasteiger partial charge in [-0.05, 0) is 19.4 Å². The highest BCUT2D eigenvalue weighted by Crippen LogP contribution is 2.03. The van der Waals surface area contributed by atoms with Crippen molar-refractivity contribution < 1.29 is 9.59 Å². The van der Waals surface area contributed by atoms with Gasteiger partial charge in [0, 0.05) is 13.5 Å². The number of amides is 2. The quantitative estimate of drug-likeness (QED) is 0.551. The van der Waals surface area contributed by atoms with Crippen LogP contribution in [0.5, 0.6) is 0 Å². The van der Waals surface area contributed by atoms with Gasteiger partial charge in [0.05, 0.1) is 6.54 Å². The maximum atomic E-state index is 11.4. The van der Waals surface area contributed by atoms with Crippen molar-refractivity contribution in [2.45, 2.75) is 32.1 Å². The third-order valence-corrected chi connectivity index (χ3v) is 2.16. The number of rotatable bonds is 8. The van der Waals surface area contributed by atoms with Gasteiger partial charge >= 0.3 is 0 Å². The van der Waals surface area contributed by atoms with E-state index >= 15 is 0 Å². The van der Waals surface area contributed by atoms with Crippen molar-refractivity contribution in [1.29, 1.82) is 0 Å². The zero-order chi connectivity index (χ0) is 11.7. The Morgan fingerprint density at radius 2 is 1.73 bits per heavy atom.